The van der Waals surface area contributed by atoms with Gasteiger partial charge in [-0.1, -0.05) is 24.4 Å². The smallest absolute Gasteiger partial charge is 0.148 e. The van der Waals surface area contributed by atoms with Crippen LogP contribution in [0.1, 0.15) is 0 Å². The van der Waals surface area contributed by atoms with Crippen LogP contribution in [0.25, 0.3) is 21.8 Å². The third-order valence-electron chi connectivity index (χ3n) is 2.76. The largest absolute Gasteiger partial charge is 0.354 e. The highest BCUT2D eigenvalue weighted by Gasteiger charge is 2.03. The number of nitrogens with zero attached hydrogens (tertiary/aromatic N) is 1. The highest BCUT2D eigenvalue weighted by atomic mass is 14.7. The third kappa shape index (κ3) is 1.23. The Balaban J connectivity index is 2.43. The van der Waals surface area contributed by atoms with Crippen molar-refractivity contribution in [3.63, 3.8) is 0 Å². The zero-order chi connectivity index (χ0) is 10.3. The number of aromatic amines is 1. The molecule has 0 bridgehead atoms. The average Bonchev–Trinajstić information content (AvgIpc) is 2.66. The molecule has 0 aliphatic heterocycles. The van der Waals surface area contributed by atoms with Crippen molar-refractivity contribution in [3.8, 4) is 0 Å². The molecule has 0 unspecified atom stereocenters. The molecule has 3 aromatic rings. The fraction of sp³-hybridized carbons (Fsp3) is 0.0833. The second-order valence-corrected chi connectivity index (χ2v) is 3.64. The van der Waals surface area contributed by atoms with Crippen molar-refractivity contribution in [2.75, 3.05) is 0 Å². The van der Waals surface area contributed by atoms with E-state index in [-0.39, 0.29) is 0 Å². The Morgan fingerprint density at radius 1 is 1.13 bits per heavy atom. The molecule has 0 atom stereocenters. The molecular weight excluding hydrogens is 183 g/mol. The van der Waals surface area contributed by atoms with E-state index in [0.29, 0.717) is 0 Å². The Morgan fingerprint density at radius 3 is 2.93 bits per heavy atom. The molecule has 2 nitrogen and oxygen atoms in total. The Kier molecular flexibility index (Phi) is 1.78. The van der Waals surface area contributed by atoms with Gasteiger partial charge in [-0.15, -0.1) is 0 Å². The Morgan fingerprint density at radius 2 is 2.07 bits per heavy atom. The lowest BCUT2D eigenvalue weighted by molar-refractivity contribution is 1.36. The lowest BCUT2D eigenvalue weighted by Gasteiger charge is -1.95. The van der Waals surface area contributed by atoms with Crippen LogP contribution in [0, 0.1) is 0 Å². The molecule has 1 N–H and O–H groups in total. The van der Waals surface area contributed by atoms with Crippen molar-refractivity contribution in [1.29, 1.82) is 0 Å². The minimum Gasteiger partial charge on any atom is -0.354 e. The summed E-state index contributed by atoms with van der Waals surface area (Å²) in [4.78, 5) is 7.54. The third-order valence-corrected chi connectivity index (χ3v) is 2.76. The first kappa shape index (κ1) is 8.54. The lowest BCUT2D eigenvalue weighted by Crippen LogP contribution is -2.08. The summed E-state index contributed by atoms with van der Waals surface area (Å²) in [5.74, 6) is 0. The van der Waals surface area contributed by atoms with Crippen LogP contribution in [0.5, 0.6) is 0 Å². The number of hydrogen-bond acceptors (Lipinski definition) is 1. The van der Waals surface area contributed by atoms with Gasteiger partial charge in [-0.05, 0) is 12.1 Å². The molecule has 3 heteroatoms. The van der Waals surface area contributed by atoms with Gasteiger partial charge in [-0.3, -0.25) is 4.98 Å². The summed E-state index contributed by atoms with van der Waals surface area (Å²) in [5.41, 5.74) is 3.56. The van der Waals surface area contributed by atoms with E-state index in [1.165, 1.54) is 21.8 Å². The van der Waals surface area contributed by atoms with Crippen molar-refractivity contribution >= 4 is 34.5 Å². The summed E-state index contributed by atoms with van der Waals surface area (Å²) in [6.07, 6.45) is 3.72. The van der Waals surface area contributed by atoms with E-state index in [9.17, 15) is 0 Å². The Bertz CT molecular complexity index is 628. The zero-order valence-electron chi connectivity index (χ0n) is 8.49. The molecule has 0 aliphatic carbocycles. The zero-order valence-corrected chi connectivity index (χ0v) is 8.49. The maximum atomic E-state index is 4.15. The lowest BCUT2D eigenvalue weighted by atomic mass is 9.73. The van der Waals surface area contributed by atoms with Gasteiger partial charge in [0.25, 0.3) is 0 Å². The number of benzene rings is 1. The first-order valence-electron chi connectivity index (χ1n) is 5.03. The molecule has 0 spiro atoms. The summed E-state index contributed by atoms with van der Waals surface area (Å²) >= 11 is 0. The van der Waals surface area contributed by atoms with Gasteiger partial charge in [0, 0.05) is 34.2 Å². The number of aromatic nitrogens is 2. The summed E-state index contributed by atoms with van der Waals surface area (Å²) in [7, 11) is 2.10. The van der Waals surface area contributed by atoms with Crippen molar-refractivity contribution in [2.45, 2.75) is 6.82 Å². The second kappa shape index (κ2) is 3.12. The van der Waals surface area contributed by atoms with Crippen LogP contribution in [0.3, 0.4) is 0 Å². The molecule has 0 amide bonds. The van der Waals surface area contributed by atoms with Crippen LogP contribution in [0.15, 0.2) is 36.7 Å². The summed E-state index contributed by atoms with van der Waals surface area (Å²) in [6.45, 7) is 2.05. The fourth-order valence-electron chi connectivity index (χ4n) is 1.94. The van der Waals surface area contributed by atoms with Gasteiger partial charge in [0.2, 0.25) is 0 Å². The monoisotopic (exact) mass is 193 g/mol. The quantitative estimate of drug-likeness (QED) is 0.589. The molecule has 0 aliphatic rings. The summed E-state index contributed by atoms with van der Waals surface area (Å²) in [6, 6.07) is 8.44. The van der Waals surface area contributed by atoms with E-state index in [4.69, 9.17) is 0 Å². The summed E-state index contributed by atoms with van der Waals surface area (Å²) < 4.78 is 0. The van der Waals surface area contributed by atoms with Crippen LogP contribution in [-0.4, -0.2) is 17.2 Å². The molecule has 15 heavy (non-hydrogen) atoms. The Labute approximate surface area is 88.6 Å². The van der Waals surface area contributed by atoms with Crippen LogP contribution >= 0.6 is 0 Å². The first-order chi connectivity index (χ1) is 7.38. The number of H-pyrrole nitrogens is 1. The maximum Gasteiger partial charge on any atom is 0.148 e. The van der Waals surface area contributed by atoms with Gasteiger partial charge < -0.3 is 4.98 Å². The van der Waals surface area contributed by atoms with Crippen LogP contribution < -0.4 is 5.46 Å². The van der Waals surface area contributed by atoms with Crippen molar-refractivity contribution in [1.82, 2.24) is 9.97 Å². The highest BCUT2D eigenvalue weighted by Crippen LogP contribution is 2.22. The fourth-order valence-corrected chi connectivity index (χ4v) is 1.94. The maximum absolute atomic E-state index is 4.15. The van der Waals surface area contributed by atoms with Crippen molar-refractivity contribution in [3.05, 3.63) is 36.7 Å². The number of rotatable bonds is 1. The predicted molar refractivity (Wildman–Crippen MR) is 64.9 cm³/mol. The predicted octanol–water partition coefficient (Wildman–Crippen LogP) is 2.09. The SMILES string of the molecule is C[B]c1ccc2c(c1)[nH]c1ccncc12. The number of nitrogens with one attached hydrogen (secondary N) is 1. The van der Waals surface area contributed by atoms with Gasteiger partial charge in [-0.2, -0.15) is 0 Å². The molecule has 0 saturated carbocycles. The molecule has 3 rings (SSSR count). The molecule has 71 valence electrons. The minimum absolute atomic E-state index is 1.15. The van der Waals surface area contributed by atoms with E-state index in [1.807, 2.05) is 25.3 Å². The highest BCUT2D eigenvalue weighted by molar-refractivity contribution is 6.52. The number of fused-ring (bicyclic) bond motifs is 3. The molecule has 0 saturated heterocycles. The van der Waals surface area contributed by atoms with Gasteiger partial charge in [0.05, 0.1) is 0 Å². The normalized spacial score (nSPS) is 11.0. The Hall–Kier alpha value is -1.77. The minimum atomic E-state index is 1.15. The van der Waals surface area contributed by atoms with Gasteiger partial charge in [0.15, 0.2) is 0 Å². The average molecular weight is 193 g/mol. The van der Waals surface area contributed by atoms with Crippen LogP contribution in [0.4, 0.5) is 0 Å². The van der Waals surface area contributed by atoms with Gasteiger partial charge in [-0.25, -0.2) is 0 Å². The number of hydrogen-bond donors (Lipinski definition) is 1. The van der Waals surface area contributed by atoms with E-state index in [1.54, 1.807) is 0 Å². The van der Waals surface area contributed by atoms with Crippen LogP contribution in [-0.2, 0) is 0 Å². The number of pyridine rings is 1. The van der Waals surface area contributed by atoms with E-state index in [2.05, 4.69) is 35.4 Å². The van der Waals surface area contributed by atoms with Crippen molar-refractivity contribution in [2.24, 2.45) is 0 Å². The van der Waals surface area contributed by atoms with E-state index in [0.717, 1.165) is 5.52 Å². The van der Waals surface area contributed by atoms with Crippen LogP contribution in [0.2, 0.25) is 6.82 Å². The molecule has 1 aromatic carbocycles. The molecule has 2 aromatic heterocycles. The molecule has 2 heterocycles. The summed E-state index contributed by atoms with van der Waals surface area (Å²) in [5, 5.41) is 2.43. The molecular formula is C12H10BN2. The van der Waals surface area contributed by atoms with E-state index >= 15 is 0 Å². The topological polar surface area (TPSA) is 28.7 Å². The van der Waals surface area contributed by atoms with Crippen molar-refractivity contribution < 1.29 is 0 Å². The van der Waals surface area contributed by atoms with Gasteiger partial charge >= 0.3 is 0 Å². The molecule has 1 radical (unpaired) electrons. The first-order valence-corrected chi connectivity index (χ1v) is 5.03. The second-order valence-electron chi connectivity index (χ2n) is 3.64. The van der Waals surface area contributed by atoms with E-state index < -0.39 is 0 Å². The molecule has 0 fully saturated rings. The van der Waals surface area contributed by atoms with Gasteiger partial charge in [0.1, 0.15) is 7.28 Å². The standard InChI is InChI=1S/C12H10BN2/c1-13-8-2-3-9-10-7-14-5-4-11(10)15-12(9)6-8/h2-7,15H,1H3.